The number of para-hydroxylation sites is 1. The Morgan fingerprint density at radius 2 is 1.85 bits per heavy atom. The summed E-state index contributed by atoms with van der Waals surface area (Å²) in [6, 6.07) is 15.5. The Balaban J connectivity index is 1.48. The molecule has 1 unspecified atom stereocenters. The molecule has 134 valence electrons. The molecule has 0 fully saturated rings. The predicted molar refractivity (Wildman–Crippen MR) is 97.5 cm³/mol. The SMILES string of the molecule is COc1ccc(NC(=O)C2CC(C(=O)COc3ccccc3)=NN2)cc1. The molecule has 0 radical (unpaired) electrons. The van der Waals surface area contributed by atoms with Gasteiger partial charge in [-0.2, -0.15) is 5.10 Å². The zero-order valence-electron chi connectivity index (χ0n) is 14.3. The van der Waals surface area contributed by atoms with Gasteiger partial charge in [-0.1, -0.05) is 18.2 Å². The fraction of sp³-hybridized carbons (Fsp3) is 0.211. The van der Waals surface area contributed by atoms with Crippen molar-refractivity contribution < 1.29 is 19.1 Å². The van der Waals surface area contributed by atoms with E-state index in [1.54, 1.807) is 43.5 Å². The first-order valence-corrected chi connectivity index (χ1v) is 8.14. The van der Waals surface area contributed by atoms with Crippen LogP contribution in [0.1, 0.15) is 6.42 Å². The highest BCUT2D eigenvalue weighted by atomic mass is 16.5. The van der Waals surface area contributed by atoms with Crippen molar-refractivity contribution in [1.82, 2.24) is 5.43 Å². The molecule has 0 bridgehead atoms. The van der Waals surface area contributed by atoms with Crippen LogP contribution in [0.2, 0.25) is 0 Å². The number of carbonyl (C=O) groups is 2. The van der Waals surface area contributed by atoms with Gasteiger partial charge >= 0.3 is 0 Å². The van der Waals surface area contributed by atoms with Crippen LogP contribution in [0.5, 0.6) is 11.5 Å². The molecule has 7 heteroatoms. The number of hydrogen-bond donors (Lipinski definition) is 2. The van der Waals surface area contributed by atoms with Crippen molar-refractivity contribution in [2.75, 3.05) is 19.0 Å². The summed E-state index contributed by atoms with van der Waals surface area (Å²) in [5.41, 5.74) is 3.65. The summed E-state index contributed by atoms with van der Waals surface area (Å²) in [5, 5.41) is 6.76. The van der Waals surface area contributed by atoms with Crippen molar-refractivity contribution in [3.63, 3.8) is 0 Å². The maximum atomic E-state index is 12.3. The number of anilines is 1. The van der Waals surface area contributed by atoms with Crippen molar-refractivity contribution in [1.29, 1.82) is 0 Å². The molecule has 0 aliphatic carbocycles. The van der Waals surface area contributed by atoms with E-state index in [2.05, 4.69) is 15.8 Å². The maximum Gasteiger partial charge on any atom is 0.248 e. The van der Waals surface area contributed by atoms with Crippen molar-refractivity contribution in [3.8, 4) is 11.5 Å². The second-order valence-corrected chi connectivity index (χ2v) is 5.69. The van der Waals surface area contributed by atoms with Crippen LogP contribution in [0, 0.1) is 0 Å². The predicted octanol–water partition coefficient (Wildman–Crippen LogP) is 2.00. The quantitative estimate of drug-likeness (QED) is 0.795. The number of Topliss-reactive ketones (excluding diaryl/α,β-unsaturated/α-hetero) is 1. The van der Waals surface area contributed by atoms with Gasteiger partial charge in [0.2, 0.25) is 11.7 Å². The molecule has 0 saturated heterocycles. The molecule has 0 aromatic heterocycles. The monoisotopic (exact) mass is 353 g/mol. The van der Waals surface area contributed by atoms with Crippen LogP contribution in [-0.2, 0) is 9.59 Å². The molecule has 1 atom stereocenters. The highest BCUT2D eigenvalue weighted by Crippen LogP contribution is 2.16. The molecule has 7 nitrogen and oxygen atoms in total. The minimum atomic E-state index is -0.590. The lowest BCUT2D eigenvalue weighted by atomic mass is 10.1. The summed E-state index contributed by atoms with van der Waals surface area (Å²) < 4.78 is 10.5. The highest BCUT2D eigenvalue weighted by molar-refractivity contribution is 6.41. The molecule has 2 aromatic carbocycles. The molecule has 1 aliphatic heterocycles. The Bertz CT molecular complexity index is 803. The molecule has 1 aliphatic rings. The number of ketones is 1. The Morgan fingerprint density at radius 1 is 1.12 bits per heavy atom. The van der Waals surface area contributed by atoms with Crippen LogP contribution < -0.4 is 20.2 Å². The fourth-order valence-electron chi connectivity index (χ4n) is 2.42. The smallest absolute Gasteiger partial charge is 0.248 e. The summed E-state index contributed by atoms with van der Waals surface area (Å²) in [4.78, 5) is 24.5. The normalized spacial score (nSPS) is 15.6. The van der Waals surface area contributed by atoms with Crippen LogP contribution in [0.25, 0.3) is 0 Å². The molecule has 1 amide bonds. The summed E-state index contributed by atoms with van der Waals surface area (Å²) in [6.07, 6.45) is 0.221. The van der Waals surface area contributed by atoms with Gasteiger partial charge in [0.1, 0.15) is 23.3 Å². The lowest BCUT2D eigenvalue weighted by Gasteiger charge is -2.11. The van der Waals surface area contributed by atoms with Gasteiger partial charge in [0, 0.05) is 12.1 Å². The molecule has 3 rings (SSSR count). The van der Waals surface area contributed by atoms with Gasteiger partial charge in [-0.05, 0) is 36.4 Å². The summed E-state index contributed by atoms with van der Waals surface area (Å²) in [5.74, 6) is 0.810. The van der Waals surface area contributed by atoms with Gasteiger partial charge in [0.05, 0.1) is 7.11 Å². The number of rotatable bonds is 7. The number of nitrogens with one attached hydrogen (secondary N) is 2. The van der Waals surface area contributed by atoms with E-state index < -0.39 is 6.04 Å². The van der Waals surface area contributed by atoms with Gasteiger partial charge in [-0.25, -0.2) is 0 Å². The van der Waals surface area contributed by atoms with Crippen molar-refractivity contribution in [2.24, 2.45) is 5.10 Å². The van der Waals surface area contributed by atoms with E-state index in [1.165, 1.54) is 0 Å². The second-order valence-electron chi connectivity index (χ2n) is 5.69. The third kappa shape index (κ3) is 4.38. The van der Waals surface area contributed by atoms with Crippen LogP contribution in [-0.4, -0.2) is 37.2 Å². The topological polar surface area (TPSA) is 89.0 Å². The number of ether oxygens (including phenoxy) is 2. The first kappa shape index (κ1) is 17.5. The van der Waals surface area contributed by atoms with E-state index >= 15 is 0 Å². The average Bonchev–Trinajstić information content (AvgIpc) is 3.18. The van der Waals surface area contributed by atoms with Gasteiger partial charge in [0.25, 0.3) is 0 Å². The molecule has 2 N–H and O–H groups in total. The Hall–Kier alpha value is -3.35. The minimum absolute atomic E-state index is 0.114. The van der Waals surface area contributed by atoms with Crippen LogP contribution in [0.4, 0.5) is 5.69 Å². The summed E-state index contributed by atoms with van der Waals surface area (Å²) in [6.45, 7) is -0.114. The number of nitrogens with zero attached hydrogens (tertiary/aromatic N) is 1. The van der Waals surface area contributed by atoms with Crippen molar-refractivity contribution in [3.05, 3.63) is 54.6 Å². The van der Waals surface area contributed by atoms with Crippen LogP contribution in [0.15, 0.2) is 59.7 Å². The van der Waals surface area contributed by atoms with E-state index in [1.807, 2.05) is 18.2 Å². The maximum absolute atomic E-state index is 12.3. The van der Waals surface area contributed by atoms with E-state index in [4.69, 9.17) is 9.47 Å². The average molecular weight is 353 g/mol. The second kappa shape index (κ2) is 8.15. The molecular weight excluding hydrogens is 334 g/mol. The van der Waals surface area contributed by atoms with E-state index in [0.29, 0.717) is 22.9 Å². The number of amides is 1. The summed E-state index contributed by atoms with van der Waals surface area (Å²) >= 11 is 0. The van der Waals surface area contributed by atoms with E-state index in [0.717, 1.165) is 0 Å². The summed E-state index contributed by atoms with van der Waals surface area (Å²) in [7, 11) is 1.58. The van der Waals surface area contributed by atoms with Crippen LogP contribution >= 0.6 is 0 Å². The first-order valence-electron chi connectivity index (χ1n) is 8.14. The number of benzene rings is 2. The highest BCUT2D eigenvalue weighted by Gasteiger charge is 2.29. The van der Waals surface area contributed by atoms with E-state index in [9.17, 15) is 9.59 Å². The number of hydrazone groups is 1. The van der Waals surface area contributed by atoms with Crippen LogP contribution in [0.3, 0.4) is 0 Å². The van der Waals surface area contributed by atoms with Gasteiger partial charge in [-0.3, -0.25) is 15.0 Å². The molecular formula is C19H19N3O4. The minimum Gasteiger partial charge on any atom is -0.497 e. The van der Waals surface area contributed by atoms with Gasteiger partial charge in [-0.15, -0.1) is 0 Å². The lowest BCUT2D eigenvalue weighted by Crippen LogP contribution is -2.35. The fourth-order valence-corrected chi connectivity index (χ4v) is 2.42. The molecule has 1 heterocycles. The number of hydrogen-bond acceptors (Lipinski definition) is 6. The van der Waals surface area contributed by atoms with Crippen molar-refractivity contribution in [2.45, 2.75) is 12.5 Å². The lowest BCUT2D eigenvalue weighted by molar-refractivity contribution is -0.117. The first-order chi connectivity index (χ1) is 12.7. The number of methoxy groups -OCH3 is 1. The van der Waals surface area contributed by atoms with Gasteiger partial charge < -0.3 is 14.8 Å². The Labute approximate surface area is 151 Å². The number of carbonyl (C=O) groups excluding carboxylic acids is 2. The Morgan fingerprint density at radius 3 is 2.54 bits per heavy atom. The van der Waals surface area contributed by atoms with Gasteiger partial charge in [0.15, 0.2) is 6.61 Å². The van der Waals surface area contributed by atoms with E-state index in [-0.39, 0.29) is 24.7 Å². The molecule has 0 saturated carbocycles. The molecule has 26 heavy (non-hydrogen) atoms. The largest absolute Gasteiger partial charge is 0.497 e. The standard InChI is InChI=1S/C19H19N3O4/c1-25-14-9-7-13(8-10-14)20-19(24)17-11-16(21-22-17)18(23)12-26-15-5-3-2-4-6-15/h2-10,17,22H,11-12H2,1H3,(H,20,24). The molecule has 2 aromatic rings. The zero-order valence-corrected chi connectivity index (χ0v) is 14.3. The molecule has 0 spiro atoms. The third-order valence-corrected chi connectivity index (χ3v) is 3.86. The zero-order chi connectivity index (χ0) is 18.4. The Kier molecular flexibility index (Phi) is 5.48. The third-order valence-electron chi connectivity index (χ3n) is 3.86. The van der Waals surface area contributed by atoms with Crippen molar-refractivity contribution >= 4 is 23.1 Å².